The van der Waals surface area contributed by atoms with Crippen LogP contribution in [0.4, 0.5) is 0 Å². The zero-order valence-corrected chi connectivity index (χ0v) is 40.4. The summed E-state index contributed by atoms with van der Waals surface area (Å²) < 4.78 is 16.6. The molecule has 354 valence electrons. The van der Waals surface area contributed by atoms with Crippen LogP contribution in [0.2, 0.25) is 0 Å². The van der Waals surface area contributed by atoms with Crippen molar-refractivity contribution in [3.8, 4) is 0 Å². The van der Waals surface area contributed by atoms with Gasteiger partial charge >= 0.3 is 17.9 Å². The van der Waals surface area contributed by atoms with Gasteiger partial charge in [0.1, 0.15) is 13.2 Å². The van der Waals surface area contributed by atoms with Gasteiger partial charge < -0.3 is 14.2 Å². The summed E-state index contributed by atoms with van der Waals surface area (Å²) in [5, 5.41) is 0. The van der Waals surface area contributed by atoms with Gasteiger partial charge in [-0.05, 0) is 96.3 Å². The zero-order valence-electron chi connectivity index (χ0n) is 40.4. The van der Waals surface area contributed by atoms with Crippen LogP contribution < -0.4 is 0 Å². The molecule has 0 aliphatic heterocycles. The van der Waals surface area contributed by atoms with Crippen LogP contribution in [-0.4, -0.2) is 37.2 Å². The average molecular weight is 863 g/mol. The number of carbonyl (C=O) groups is 3. The molecular weight excluding hydrogens is 769 g/mol. The normalized spacial score (nSPS) is 12.8. The lowest BCUT2D eigenvalue weighted by atomic mass is 10.1. The Morgan fingerprint density at radius 3 is 1.03 bits per heavy atom. The molecule has 0 spiro atoms. The highest BCUT2D eigenvalue weighted by Gasteiger charge is 2.19. The number of rotatable bonds is 45. The highest BCUT2D eigenvalue weighted by Crippen LogP contribution is 2.14. The van der Waals surface area contributed by atoms with E-state index in [0.717, 1.165) is 122 Å². The molecule has 0 aliphatic carbocycles. The fourth-order valence-corrected chi connectivity index (χ4v) is 6.79. The third-order valence-electron chi connectivity index (χ3n) is 10.6. The lowest BCUT2D eigenvalue weighted by Gasteiger charge is -2.18. The number of hydrogen-bond acceptors (Lipinski definition) is 6. The highest BCUT2D eigenvalue weighted by molar-refractivity contribution is 5.71. The SMILES string of the molecule is CC/C=C\C/C=C\C/C=C\C/C=C\C/C=C\C/C=C\CCCCCCCCCCC(=O)OCC(COC(=O)CCCCCCC)OC(=O)CCCCCCC/C=C\CCCCC. The van der Waals surface area contributed by atoms with Gasteiger partial charge in [0.25, 0.3) is 0 Å². The van der Waals surface area contributed by atoms with Gasteiger partial charge in [-0.25, -0.2) is 0 Å². The van der Waals surface area contributed by atoms with E-state index in [0.29, 0.717) is 19.3 Å². The Hall–Kier alpha value is -3.41. The fraction of sp³-hybridized carbons (Fsp3) is 0.696. The van der Waals surface area contributed by atoms with Crippen molar-refractivity contribution >= 4 is 17.9 Å². The van der Waals surface area contributed by atoms with E-state index >= 15 is 0 Å². The molecule has 0 amide bonds. The summed E-state index contributed by atoms with van der Waals surface area (Å²) in [6, 6.07) is 0. The molecule has 1 atom stereocenters. The summed E-state index contributed by atoms with van der Waals surface area (Å²) in [5.41, 5.74) is 0. The number of carbonyl (C=O) groups excluding carboxylic acids is 3. The fourth-order valence-electron chi connectivity index (χ4n) is 6.79. The minimum absolute atomic E-state index is 0.0832. The summed E-state index contributed by atoms with van der Waals surface area (Å²) >= 11 is 0. The molecule has 0 aromatic rings. The molecule has 0 bridgehead atoms. The molecule has 0 fully saturated rings. The smallest absolute Gasteiger partial charge is 0.306 e. The minimum atomic E-state index is -0.779. The Kier molecular flexibility index (Phi) is 47.5. The molecule has 0 saturated heterocycles. The second-order valence-electron chi connectivity index (χ2n) is 16.7. The summed E-state index contributed by atoms with van der Waals surface area (Å²) in [6.07, 6.45) is 64.7. The van der Waals surface area contributed by atoms with E-state index in [9.17, 15) is 14.4 Å². The van der Waals surface area contributed by atoms with Crippen molar-refractivity contribution in [3.63, 3.8) is 0 Å². The van der Waals surface area contributed by atoms with E-state index in [-0.39, 0.29) is 31.1 Å². The lowest BCUT2D eigenvalue weighted by Crippen LogP contribution is -2.30. The van der Waals surface area contributed by atoms with Crippen molar-refractivity contribution in [3.05, 3.63) is 85.1 Å². The average Bonchev–Trinajstić information content (AvgIpc) is 3.27. The Balaban J connectivity index is 4.11. The number of hydrogen-bond donors (Lipinski definition) is 0. The van der Waals surface area contributed by atoms with Gasteiger partial charge in [-0.2, -0.15) is 0 Å². The standard InChI is InChI=1S/C56H94O6/c1-4-7-10-13-15-17-19-21-22-23-24-25-26-27-28-29-30-31-32-33-34-35-37-38-40-43-46-49-55(58)61-52-53(51-60-54(57)48-45-42-12-9-6-3)62-56(59)50-47-44-41-39-36-20-18-16-14-11-8-5-2/h7,10,15-18,21-22,24-25,27-28,30-31,53H,4-6,8-9,11-14,19-20,23,26,29,32-52H2,1-3H3/b10-7-,17-15-,18-16-,22-21-,25-24-,28-27-,31-30-. The van der Waals surface area contributed by atoms with Crippen LogP contribution in [0.5, 0.6) is 0 Å². The van der Waals surface area contributed by atoms with Crippen molar-refractivity contribution in [2.75, 3.05) is 13.2 Å². The van der Waals surface area contributed by atoms with E-state index in [4.69, 9.17) is 14.2 Å². The molecule has 1 unspecified atom stereocenters. The molecule has 0 aromatic carbocycles. The van der Waals surface area contributed by atoms with E-state index in [1.807, 2.05) is 0 Å². The van der Waals surface area contributed by atoms with Gasteiger partial charge in [-0.15, -0.1) is 0 Å². The Morgan fingerprint density at radius 1 is 0.339 bits per heavy atom. The quantitative estimate of drug-likeness (QED) is 0.0263. The molecule has 0 radical (unpaired) electrons. The van der Waals surface area contributed by atoms with E-state index in [1.54, 1.807) is 0 Å². The van der Waals surface area contributed by atoms with E-state index in [1.165, 1.54) is 70.6 Å². The summed E-state index contributed by atoms with van der Waals surface area (Å²) in [6.45, 7) is 6.39. The lowest BCUT2D eigenvalue weighted by molar-refractivity contribution is -0.167. The number of allylic oxidation sites excluding steroid dienone is 14. The van der Waals surface area contributed by atoms with Crippen molar-refractivity contribution in [1.82, 2.24) is 0 Å². The van der Waals surface area contributed by atoms with E-state index in [2.05, 4.69) is 106 Å². The first kappa shape index (κ1) is 58.6. The third-order valence-corrected chi connectivity index (χ3v) is 10.6. The van der Waals surface area contributed by atoms with Crippen LogP contribution in [-0.2, 0) is 28.6 Å². The molecule has 0 aromatic heterocycles. The van der Waals surface area contributed by atoms with Crippen LogP contribution in [0, 0.1) is 0 Å². The van der Waals surface area contributed by atoms with Gasteiger partial charge in [0.15, 0.2) is 6.10 Å². The Bertz CT molecular complexity index is 1220. The monoisotopic (exact) mass is 863 g/mol. The second kappa shape index (κ2) is 50.2. The first-order chi connectivity index (χ1) is 30.5. The van der Waals surface area contributed by atoms with Crippen molar-refractivity contribution in [2.45, 2.75) is 239 Å². The molecule has 0 rings (SSSR count). The second-order valence-corrected chi connectivity index (χ2v) is 16.7. The van der Waals surface area contributed by atoms with Crippen molar-refractivity contribution in [2.24, 2.45) is 0 Å². The van der Waals surface area contributed by atoms with E-state index < -0.39 is 6.10 Å². The molecule has 0 heterocycles. The van der Waals surface area contributed by atoms with Gasteiger partial charge in [-0.3, -0.25) is 14.4 Å². The Labute approximate surface area is 382 Å². The topological polar surface area (TPSA) is 78.9 Å². The van der Waals surface area contributed by atoms with Crippen LogP contribution in [0.15, 0.2) is 85.1 Å². The van der Waals surface area contributed by atoms with Crippen LogP contribution in [0.25, 0.3) is 0 Å². The number of esters is 3. The molecule has 0 aliphatic rings. The molecule has 62 heavy (non-hydrogen) atoms. The number of ether oxygens (including phenoxy) is 3. The molecule has 6 nitrogen and oxygen atoms in total. The van der Waals surface area contributed by atoms with Gasteiger partial charge in [0, 0.05) is 19.3 Å². The van der Waals surface area contributed by atoms with Gasteiger partial charge in [0.2, 0.25) is 0 Å². The van der Waals surface area contributed by atoms with Crippen LogP contribution in [0.3, 0.4) is 0 Å². The first-order valence-corrected chi connectivity index (χ1v) is 25.6. The summed E-state index contributed by atoms with van der Waals surface area (Å²) in [5.74, 6) is -0.918. The van der Waals surface area contributed by atoms with Crippen molar-refractivity contribution < 1.29 is 28.6 Å². The third kappa shape index (κ3) is 47.6. The summed E-state index contributed by atoms with van der Waals surface area (Å²) in [7, 11) is 0. The zero-order chi connectivity index (χ0) is 45.1. The molecular formula is C56H94O6. The summed E-state index contributed by atoms with van der Waals surface area (Å²) in [4.78, 5) is 37.6. The first-order valence-electron chi connectivity index (χ1n) is 25.6. The molecule has 0 saturated carbocycles. The maximum Gasteiger partial charge on any atom is 0.306 e. The molecule has 6 heteroatoms. The largest absolute Gasteiger partial charge is 0.462 e. The van der Waals surface area contributed by atoms with Crippen LogP contribution >= 0.6 is 0 Å². The van der Waals surface area contributed by atoms with Crippen molar-refractivity contribution in [1.29, 1.82) is 0 Å². The maximum atomic E-state index is 12.7. The molecule has 0 N–H and O–H groups in total. The van der Waals surface area contributed by atoms with Gasteiger partial charge in [-0.1, -0.05) is 202 Å². The predicted molar refractivity (Wildman–Crippen MR) is 265 cm³/mol. The highest BCUT2D eigenvalue weighted by atomic mass is 16.6. The maximum absolute atomic E-state index is 12.7. The van der Waals surface area contributed by atoms with Crippen LogP contribution in [0.1, 0.15) is 233 Å². The predicted octanol–water partition coefficient (Wildman–Crippen LogP) is 16.8. The number of unbranched alkanes of at least 4 members (excludes halogenated alkanes) is 20. The van der Waals surface area contributed by atoms with Gasteiger partial charge in [0.05, 0.1) is 0 Å². The minimum Gasteiger partial charge on any atom is -0.462 e. The Morgan fingerprint density at radius 2 is 0.629 bits per heavy atom.